The minimum Gasteiger partial charge on any atom is -0.508 e. The van der Waals surface area contributed by atoms with E-state index in [0.717, 1.165) is 0 Å². The summed E-state index contributed by atoms with van der Waals surface area (Å²) in [6.45, 7) is 7.11. The fourth-order valence-corrected chi connectivity index (χ4v) is 3.45. The second-order valence-corrected chi connectivity index (χ2v) is 9.48. The van der Waals surface area contributed by atoms with Crippen molar-refractivity contribution in [3.8, 4) is 5.75 Å². The fraction of sp³-hybridized carbons (Fsp3) is 0.560. The van der Waals surface area contributed by atoms with Crippen molar-refractivity contribution in [3.63, 3.8) is 0 Å². The minimum atomic E-state index is -1.35. The van der Waals surface area contributed by atoms with Gasteiger partial charge < -0.3 is 37.6 Å². The van der Waals surface area contributed by atoms with Gasteiger partial charge >= 0.3 is 5.97 Å². The number of nitrogens with one attached hydrogen (secondary N) is 3. The van der Waals surface area contributed by atoms with Crippen LogP contribution in [0.25, 0.3) is 0 Å². The second-order valence-electron chi connectivity index (χ2n) is 9.48. The van der Waals surface area contributed by atoms with Gasteiger partial charge in [-0.15, -0.1) is 0 Å². The number of phenolic OH excluding ortho intramolecular Hbond substituents is 1. The Labute approximate surface area is 216 Å². The number of rotatable bonds is 15. The minimum absolute atomic E-state index is 0.00537. The van der Waals surface area contributed by atoms with Crippen LogP contribution in [-0.2, 0) is 30.4 Å². The first-order chi connectivity index (χ1) is 17.3. The number of carboxylic acids is 1. The molecule has 12 heteroatoms. The number of aromatic hydroxyl groups is 1. The first kappa shape index (κ1) is 31.4. The third-order valence-corrected chi connectivity index (χ3v) is 6.11. The first-order valence-corrected chi connectivity index (χ1v) is 12.2. The van der Waals surface area contributed by atoms with Gasteiger partial charge in [0.2, 0.25) is 23.6 Å². The predicted octanol–water partition coefficient (Wildman–Crippen LogP) is -0.231. The second kappa shape index (κ2) is 14.8. The van der Waals surface area contributed by atoms with E-state index in [4.69, 9.17) is 11.5 Å². The summed E-state index contributed by atoms with van der Waals surface area (Å²) in [5, 5.41) is 26.6. The van der Waals surface area contributed by atoms with Gasteiger partial charge in [-0.1, -0.05) is 46.2 Å². The van der Waals surface area contributed by atoms with Crippen LogP contribution >= 0.6 is 0 Å². The van der Waals surface area contributed by atoms with Crippen LogP contribution in [0.4, 0.5) is 0 Å². The Balaban J connectivity index is 3.04. The van der Waals surface area contributed by atoms with E-state index in [2.05, 4.69) is 16.0 Å². The number of hydrogen-bond acceptors (Lipinski definition) is 7. The van der Waals surface area contributed by atoms with Gasteiger partial charge in [0, 0.05) is 12.8 Å². The third-order valence-electron chi connectivity index (χ3n) is 6.11. The zero-order valence-electron chi connectivity index (χ0n) is 21.7. The number of aliphatic carboxylic acids is 1. The highest BCUT2D eigenvalue weighted by Gasteiger charge is 2.32. The summed E-state index contributed by atoms with van der Waals surface area (Å²) in [6.07, 6.45) is 0.155. The number of nitrogens with two attached hydrogens (primary N) is 2. The molecular weight excluding hydrogens is 482 g/mol. The number of primary amides is 1. The molecule has 1 aromatic rings. The molecule has 0 spiro atoms. The van der Waals surface area contributed by atoms with Crippen LogP contribution in [0.2, 0.25) is 0 Å². The molecule has 37 heavy (non-hydrogen) atoms. The van der Waals surface area contributed by atoms with Crippen LogP contribution in [-0.4, -0.2) is 64.0 Å². The Hall–Kier alpha value is -3.67. The molecule has 0 radical (unpaired) electrons. The Morgan fingerprint density at radius 2 is 1.46 bits per heavy atom. The molecule has 12 nitrogen and oxygen atoms in total. The van der Waals surface area contributed by atoms with Crippen molar-refractivity contribution in [1.29, 1.82) is 0 Å². The van der Waals surface area contributed by atoms with Gasteiger partial charge in [0.05, 0.1) is 6.04 Å². The van der Waals surface area contributed by atoms with Crippen molar-refractivity contribution in [3.05, 3.63) is 29.8 Å². The number of amides is 4. The zero-order chi connectivity index (χ0) is 28.3. The van der Waals surface area contributed by atoms with Crippen molar-refractivity contribution < 1.29 is 34.2 Å². The molecule has 5 atom stereocenters. The van der Waals surface area contributed by atoms with Crippen LogP contribution in [0.1, 0.15) is 52.5 Å². The lowest BCUT2D eigenvalue weighted by molar-refractivity contribution is -0.142. The lowest BCUT2D eigenvalue weighted by atomic mass is 9.97. The Morgan fingerprint density at radius 1 is 0.892 bits per heavy atom. The normalized spacial score (nSPS) is 15.1. The summed E-state index contributed by atoms with van der Waals surface area (Å²) in [6, 6.07) is 1.32. The average molecular weight is 522 g/mol. The number of phenols is 1. The number of hydrogen-bond donors (Lipinski definition) is 7. The fourth-order valence-electron chi connectivity index (χ4n) is 3.45. The largest absolute Gasteiger partial charge is 0.508 e. The van der Waals surface area contributed by atoms with Gasteiger partial charge in [-0.2, -0.15) is 0 Å². The van der Waals surface area contributed by atoms with E-state index in [-0.39, 0.29) is 36.8 Å². The maximum atomic E-state index is 13.1. The van der Waals surface area contributed by atoms with Crippen LogP contribution in [0.5, 0.6) is 5.75 Å². The van der Waals surface area contributed by atoms with Crippen LogP contribution < -0.4 is 27.4 Å². The molecule has 0 aromatic heterocycles. The Morgan fingerprint density at radius 3 is 1.95 bits per heavy atom. The molecular formula is C25H39N5O7. The highest BCUT2D eigenvalue weighted by molar-refractivity contribution is 5.94. The standard InChI is InChI=1S/C25H39N5O7/c1-5-14(4)20(27)23(34)30-21(13(2)3)24(35)28-17(10-11-19(26)32)22(33)29-18(25(36)37)12-15-6-8-16(31)9-7-15/h6-9,13-14,17-18,20-21,31H,5,10-12,27H2,1-4H3,(H2,26,32)(H,28,35)(H,29,33)(H,30,34)(H,36,37). The van der Waals surface area contributed by atoms with E-state index in [9.17, 15) is 34.2 Å². The summed E-state index contributed by atoms with van der Waals surface area (Å²) < 4.78 is 0. The monoisotopic (exact) mass is 521 g/mol. The number of carbonyl (C=O) groups is 5. The number of benzene rings is 1. The van der Waals surface area contributed by atoms with Crippen molar-refractivity contribution in [2.45, 2.75) is 77.5 Å². The van der Waals surface area contributed by atoms with Crippen molar-refractivity contribution in [2.75, 3.05) is 0 Å². The highest BCUT2D eigenvalue weighted by Crippen LogP contribution is 2.12. The molecule has 9 N–H and O–H groups in total. The quantitative estimate of drug-likeness (QED) is 0.163. The molecule has 0 aliphatic carbocycles. The lowest BCUT2D eigenvalue weighted by Gasteiger charge is -2.27. The maximum Gasteiger partial charge on any atom is 0.326 e. The number of carboxylic acid groups (broad SMARTS) is 1. The number of carbonyl (C=O) groups excluding carboxylic acids is 4. The van der Waals surface area contributed by atoms with E-state index in [1.165, 1.54) is 24.3 Å². The predicted molar refractivity (Wildman–Crippen MR) is 136 cm³/mol. The van der Waals surface area contributed by atoms with E-state index in [0.29, 0.717) is 12.0 Å². The van der Waals surface area contributed by atoms with Crippen molar-refractivity contribution in [1.82, 2.24) is 16.0 Å². The van der Waals surface area contributed by atoms with Gasteiger partial charge in [-0.05, 0) is 36.0 Å². The maximum absolute atomic E-state index is 13.1. The summed E-state index contributed by atoms with van der Waals surface area (Å²) in [4.78, 5) is 61.8. The SMILES string of the molecule is CCC(C)C(N)C(=O)NC(C(=O)NC(CCC(N)=O)C(=O)NC(Cc1ccc(O)cc1)C(=O)O)C(C)C. The van der Waals surface area contributed by atoms with E-state index < -0.39 is 53.8 Å². The van der Waals surface area contributed by atoms with Crippen molar-refractivity contribution in [2.24, 2.45) is 23.3 Å². The molecule has 206 valence electrons. The van der Waals surface area contributed by atoms with Crippen LogP contribution in [0, 0.1) is 11.8 Å². The Bertz CT molecular complexity index is 951. The molecule has 0 bridgehead atoms. The van der Waals surface area contributed by atoms with Gasteiger partial charge in [0.15, 0.2) is 0 Å². The summed E-state index contributed by atoms with van der Waals surface area (Å²) >= 11 is 0. The van der Waals surface area contributed by atoms with E-state index in [1.54, 1.807) is 13.8 Å². The zero-order valence-corrected chi connectivity index (χ0v) is 21.7. The molecule has 0 fully saturated rings. The molecule has 1 aromatic carbocycles. The van der Waals surface area contributed by atoms with Gasteiger partial charge in [0.1, 0.15) is 23.9 Å². The molecule has 0 aliphatic heterocycles. The summed E-state index contributed by atoms with van der Waals surface area (Å²) in [7, 11) is 0. The molecule has 0 saturated heterocycles. The summed E-state index contributed by atoms with van der Waals surface area (Å²) in [5.41, 5.74) is 11.7. The van der Waals surface area contributed by atoms with Gasteiger partial charge in [-0.25, -0.2) is 4.79 Å². The third kappa shape index (κ3) is 10.5. The molecule has 5 unspecified atom stereocenters. The van der Waals surface area contributed by atoms with Crippen LogP contribution in [0.3, 0.4) is 0 Å². The molecule has 0 aliphatic rings. The van der Waals surface area contributed by atoms with Crippen LogP contribution in [0.15, 0.2) is 24.3 Å². The molecule has 4 amide bonds. The lowest BCUT2D eigenvalue weighted by Crippen LogP contribution is -2.59. The molecule has 1 rings (SSSR count). The smallest absolute Gasteiger partial charge is 0.326 e. The average Bonchev–Trinajstić information content (AvgIpc) is 2.83. The highest BCUT2D eigenvalue weighted by atomic mass is 16.4. The summed E-state index contributed by atoms with van der Waals surface area (Å²) in [5.74, 6) is -4.53. The topological polar surface area (TPSA) is 214 Å². The Kier molecular flexibility index (Phi) is 12.5. The molecule has 0 saturated carbocycles. The van der Waals surface area contributed by atoms with Gasteiger partial charge in [-0.3, -0.25) is 19.2 Å². The van der Waals surface area contributed by atoms with E-state index >= 15 is 0 Å². The molecule has 0 heterocycles. The van der Waals surface area contributed by atoms with E-state index in [1.807, 2.05) is 13.8 Å². The van der Waals surface area contributed by atoms with Crippen molar-refractivity contribution >= 4 is 29.6 Å². The van der Waals surface area contributed by atoms with Gasteiger partial charge in [0.25, 0.3) is 0 Å². The first-order valence-electron chi connectivity index (χ1n) is 12.2.